The standard InChI is InChI=1S/C27H29N5O/c1-17-14-30-27-22(17)12-20(15-31-27)19-10-18-6-9-32(21-5-8-29-26(13-21)33-2)16-24(18)23(11-19)25-4-3-7-28-25/h5,8,10-15,25,28H,3-4,6-7,9,16H2,1-2H3,(H,30,31)/t25-/m0/s1. The summed E-state index contributed by atoms with van der Waals surface area (Å²) >= 11 is 0. The highest BCUT2D eigenvalue weighted by Crippen LogP contribution is 2.37. The Morgan fingerprint density at radius 3 is 2.91 bits per heavy atom. The minimum atomic E-state index is 0.413. The van der Waals surface area contributed by atoms with Crippen molar-refractivity contribution in [3.8, 4) is 17.0 Å². The first-order chi connectivity index (χ1) is 16.2. The highest BCUT2D eigenvalue weighted by Gasteiger charge is 2.26. The molecule has 1 aromatic carbocycles. The number of aromatic amines is 1. The van der Waals surface area contributed by atoms with Crippen molar-refractivity contribution in [3.05, 3.63) is 71.2 Å². The Bertz CT molecular complexity index is 1320. The number of fused-ring (bicyclic) bond motifs is 2. The summed E-state index contributed by atoms with van der Waals surface area (Å²) in [5.74, 6) is 0.661. The number of nitrogens with zero attached hydrogens (tertiary/aromatic N) is 3. The monoisotopic (exact) mass is 439 g/mol. The molecule has 0 aliphatic carbocycles. The van der Waals surface area contributed by atoms with Crippen LogP contribution < -0.4 is 15.0 Å². The Morgan fingerprint density at radius 2 is 2.06 bits per heavy atom. The SMILES string of the molecule is COc1cc(N2CCc3cc(-c4cnc5[nH]cc(C)c5c4)cc([C@@H]4CCCN4)c3C2)ccn1. The average Bonchev–Trinajstić information content (AvgIpc) is 3.53. The van der Waals surface area contributed by atoms with E-state index in [1.54, 1.807) is 7.11 Å². The van der Waals surface area contributed by atoms with E-state index in [1.807, 2.05) is 24.7 Å². The summed E-state index contributed by atoms with van der Waals surface area (Å²) in [4.78, 5) is 14.7. The van der Waals surface area contributed by atoms with Crippen LogP contribution >= 0.6 is 0 Å². The van der Waals surface area contributed by atoms with Gasteiger partial charge in [-0.1, -0.05) is 6.07 Å². The summed E-state index contributed by atoms with van der Waals surface area (Å²) in [6, 6.07) is 11.6. The molecule has 1 atom stereocenters. The van der Waals surface area contributed by atoms with E-state index < -0.39 is 0 Å². The molecule has 2 N–H and O–H groups in total. The summed E-state index contributed by atoms with van der Waals surface area (Å²) in [7, 11) is 1.67. The van der Waals surface area contributed by atoms with Crippen molar-refractivity contribution in [3.63, 3.8) is 0 Å². The number of nitrogens with one attached hydrogen (secondary N) is 2. The molecule has 0 spiro atoms. The van der Waals surface area contributed by atoms with Crippen LogP contribution in [-0.4, -0.2) is 35.2 Å². The molecule has 6 nitrogen and oxygen atoms in total. The molecule has 168 valence electrons. The Kier molecular flexibility index (Phi) is 5.03. The molecule has 0 amide bonds. The number of pyridine rings is 2. The van der Waals surface area contributed by atoms with Gasteiger partial charge < -0.3 is 19.9 Å². The molecule has 0 radical (unpaired) electrons. The molecule has 0 bridgehead atoms. The fourth-order valence-electron chi connectivity index (χ4n) is 5.35. The first-order valence-electron chi connectivity index (χ1n) is 11.8. The van der Waals surface area contributed by atoms with Crippen molar-refractivity contribution >= 4 is 16.7 Å². The fourth-order valence-corrected chi connectivity index (χ4v) is 5.35. The number of aromatic nitrogens is 3. The van der Waals surface area contributed by atoms with Crippen LogP contribution in [-0.2, 0) is 13.0 Å². The molecule has 2 aliphatic heterocycles. The molecule has 0 saturated carbocycles. The molecule has 2 aliphatic rings. The van der Waals surface area contributed by atoms with Crippen LogP contribution in [0.15, 0.2) is 48.9 Å². The number of aryl methyl sites for hydroxylation is 1. The third-order valence-electron chi connectivity index (χ3n) is 7.18. The maximum Gasteiger partial charge on any atom is 0.214 e. The maximum atomic E-state index is 5.36. The predicted octanol–water partition coefficient (Wildman–Crippen LogP) is 4.93. The van der Waals surface area contributed by atoms with Gasteiger partial charge in [-0.25, -0.2) is 9.97 Å². The van der Waals surface area contributed by atoms with Gasteiger partial charge in [0, 0.05) is 60.4 Å². The van der Waals surface area contributed by atoms with E-state index in [2.05, 4.69) is 56.4 Å². The summed E-state index contributed by atoms with van der Waals surface area (Å²) < 4.78 is 5.36. The third kappa shape index (κ3) is 3.64. The van der Waals surface area contributed by atoms with Crippen LogP contribution in [0.1, 0.15) is 41.1 Å². The van der Waals surface area contributed by atoms with Crippen LogP contribution in [0.5, 0.6) is 5.88 Å². The van der Waals surface area contributed by atoms with Gasteiger partial charge in [0.25, 0.3) is 0 Å². The minimum Gasteiger partial charge on any atom is -0.481 e. The highest BCUT2D eigenvalue weighted by atomic mass is 16.5. The van der Waals surface area contributed by atoms with E-state index in [1.165, 1.54) is 57.3 Å². The summed E-state index contributed by atoms with van der Waals surface area (Å²) in [6.07, 6.45) is 9.30. The van der Waals surface area contributed by atoms with E-state index in [-0.39, 0.29) is 0 Å². The third-order valence-corrected chi connectivity index (χ3v) is 7.18. The van der Waals surface area contributed by atoms with Gasteiger partial charge in [0.1, 0.15) is 5.65 Å². The van der Waals surface area contributed by atoms with Crippen LogP contribution in [0, 0.1) is 6.92 Å². The number of hydrogen-bond donors (Lipinski definition) is 2. The Hall–Kier alpha value is -3.38. The largest absolute Gasteiger partial charge is 0.481 e. The fraction of sp³-hybridized carbons (Fsp3) is 0.333. The molecule has 4 aromatic rings. The molecular weight excluding hydrogens is 410 g/mol. The summed E-state index contributed by atoms with van der Waals surface area (Å²) in [5, 5.41) is 4.94. The normalized spacial score (nSPS) is 18.0. The van der Waals surface area contributed by atoms with Crippen molar-refractivity contribution in [2.45, 2.75) is 38.8 Å². The molecule has 1 saturated heterocycles. The van der Waals surface area contributed by atoms with Crippen molar-refractivity contribution in [1.29, 1.82) is 0 Å². The number of ether oxygens (including phenoxy) is 1. The number of hydrogen-bond acceptors (Lipinski definition) is 5. The van der Waals surface area contributed by atoms with Gasteiger partial charge in [-0.15, -0.1) is 0 Å². The maximum absolute atomic E-state index is 5.36. The Balaban J connectivity index is 1.42. The van der Waals surface area contributed by atoms with Crippen molar-refractivity contribution in [1.82, 2.24) is 20.3 Å². The average molecular weight is 440 g/mol. The van der Waals surface area contributed by atoms with Gasteiger partial charge >= 0.3 is 0 Å². The van der Waals surface area contributed by atoms with Crippen LogP contribution in [0.25, 0.3) is 22.2 Å². The number of H-pyrrole nitrogens is 1. The van der Waals surface area contributed by atoms with Gasteiger partial charge in [0.05, 0.1) is 7.11 Å². The van der Waals surface area contributed by atoms with E-state index in [9.17, 15) is 0 Å². The number of methoxy groups -OCH3 is 1. The predicted molar refractivity (Wildman–Crippen MR) is 132 cm³/mol. The highest BCUT2D eigenvalue weighted by molar-refractivity contribution is 5.84. The topological polar surface area (TPSA) is 66.1 Å². The van der Waals surface area contributed by atoms with E-state index >= 15 is 0 Å². The first kappa shape index (κ1) is 20.2. The zero-order valence-corrected chi connectivity index (χ0v) is 19.2. The summed E-state index contributed by atoms with van der Waals surface area (Å²) in [5.41, 5.74) is 10.2. The second kappa shape index (κ2) is 8.19. The molecular formula is C27H29N5O. The lowest BCUT2D eigenvalue weighted by Crippen LogP contribution is -2.32. The Morgan fingerprint density at radius 1 is 1.12 bits per heavy atom. The van der Waals surface area contributed by atoms with Gasteiger partial charge in [-0.3, -0.25) is 0 Å². The zero-order chi connectivity index (χ0) is 22.4. The molecule has 1 fully saturated rings. The van der Waals surface area contributed by atoms with Gasteiger partial charge in [0.15, 0.2) is 0 Å². The quantitative estimate of drug-likeness (QED) is 0.472. The molecule has 33 heavy (non-hydrogen) atoms. The molecule has 3 aromatic heterocycles. The molecule has 6 heteroatoms. The number of anilines is 1. The van der Waals surface area contributed by atoms with Crippen molar-refractivity contribution < 1.29 is 4.74 Å². The second-order valence-corrected chi connectivity index (χ2v) is 9.17. The van der Waals surface area contributed by atoms with Gasteiger partial charge in [-0.05, 0) is 78.7 Å². The van der Waals surface area contributed by atoms with Crippen molar-refractivity contribution in [2.24, 2.45) is 0 Å². The summed E-state index contributed by atoms with van der Waals surface area (Å²) in [6.45, 7) is 5.11. The smallest absolute Gasteiger partial charge is 0.214 e. The second-order valence-electron chi connectivity index (χ2n) is 9.17. The molecule has 6 rings (SSSR count). The molecule has 5 heterocycles. The van der Waals surface area contributed by atoms with Gasteiger partial charge in [0.2, 0.25) is 5.88 Å². The van der Waals surface area contributed by atoms with Crippen LogP contribution in [0.3, 0.4) is 0 Å². The number of rotatable bonds is 4. The van der Waals surface area contributed by atoms with Crippen LogP contribution in [0.2, 0.25) is 0 Å². The lowest BCUT2D eigenvalue weighted by Gasteiger charge is -2.34. The van der Waals surface area contributed by atoms with Crippen LogP contribution in [0.4, 0.5) is 5.69 Å². The molecule has 0 unspecified atom stereocenters. The van der Waals surface area contributed by atoms with Crippen molar-refractivity contribution in [2.75, 3.05) is 25.1 Å². The lowest BCUT2D eigenvalue weighted by molar-refractivity contribution is 0.398. The minimum absolute atomic E-state index is 0.413. The Labute approximate surface area is 194 Å². The van der Waals surface area contributed by atoms with E-state index in [0.29, 0.717) is 11.9 Å². The van der Waals surface area contributed by atoms with Gasteiger partial charge in [-0.2, -0.15) is 0 Å². The van der Waals surface area contributed by atoms with E-state index in [4.69, 9.17) is 4.74 Å². The van der Waals surface area contributed by atoms with E-state index in [0.717, 1.165) is 31.7 Å². The number of benzene rings is 1. The zero-order valence-electron chi connectivity index (χ0n) is 19.2. The first-order valence-corrected chi connectivity index (χ1v) is 11.8. The lowest BCUT2D eigenvalue weighted by atomic mass is 9.87.